The summed E-state index contributed by atoms with van der Waals surface area (Å²) in [6.07, 6.45) is 5.68. The molecule has 2 nitrogen and oxygen atoms in total. The number of nitrogens with zero attached hydrogens (tertiary/aromatic N) is 1. The third-order valence-electron chi connectivity index (χ3n) is 4.58. The summed E-state index contributed by atoms with van der Waals surface area (Å²) in [5.41, 5.74) is 2.76. The van der Waals surface area contributed by atoms with Crippen LogP contribution < -0.4 is 0 Å². The van der Waals surface area contributed by atoms with Crippen molar-refractivity contribution in [1.29, 1.82) is 0 Å². The highest BCUT2D eigenvalue weighted by Crippen LogP contribution is 2.33. The van der Waals surface area contributed by atoms with Crippen molar-refractivity contribution in [2.75, 3.05) is 6.54 Å². The second-order valence-electron chi connectivity index (χ2n) is 5.64. The van der Waals surface area contributed by atoms with Crippen molar-refractivity contribution in [1.82, 2.24) is 4.90 Å². The molecule has 0 saturated heterocycles. The Kier molecular flexibility index (Phi) is 3.11. The molecule has 0 spiro atoms. The number of fused-ring (bicyclic) bond motifs is 1. The van der Waals surface area contributed by atoms with E-state index in [1.807, 2.05) is 0 Å². The van der Waals surface area contributed by atoms with Crippen LogP contribution in [0.1, 0.15) is 49.8 Å². The number of hydrogen-bond acceptors (Lipinski definition) is 1. The quantitative estimate of drug-likeness (QED) is 0.741. The molecule has 1 aromatic carbocycles. The second-order valence-corrected chi connectivity index (χ2v) is 5.64. The molecule has 96 valence electrons. The Morgan fingerprint density at radius 2 is 1.94 bits per heavy atom. The topological polar surface area (TPSA) is 20.3 Å². The molecule has 1 aliphatic carbocycles. The largest absolute Gasteiger partial charge is 0.335 e. The van der Waals surface area contributed by atoms with Crippen LogP contribution in [-0.2, 0) is 11.2 Å². The van der Waals surface area contributed by atoms with E-state index in [4.69, 9.17) is 0 Å². The van der Waals surface area contributed by atoms with E-state index in [2.05, 4.69) is 36.1 Å². The SMILES string of the molecule is C[C@@H]1c2ccccc2CCN1C(=O)C1CCCC1. The maximum atomic E-state index is 12.5. The zero-order valence-corrected chi connectivity index (χ0v) is 11.1. The summed E-state index contributed by atoms with van der Waals surface area (Å²) in [6.45, 7) is 3.07. The maximum absolute atomic E-state index is 12.5. The predicted octanol–water partition coefficient (Wildman–Crippen LogP) is 3.32. The molecule has 1 aromatic rings. The average molecular weight is 243 g/mol. The third-order valence-corrected chi connectivity index (χ3v) is 4.58. The van der Waals surface area contributed by atoms with E-state index in [9.17, 15) is 4.79 Å². The molecule has 0 bridgehead atoms. The summed E-state index contributed by atoms with van der Waals surface area (Å²) in [7, 11) is 0. The molecule has 1 heterocycles. The van der Waals surface area contributed by atoms with Crippen LogP contribution in [0.2, 0.25) is 0 Å². The van der Waals surface area contributed by atoms with Crippen molar-refractivity contribution < 1.29 is 4.79 Å². The molecule has 1 aliphatic heterocycles. The Balaban J connectivity index is 1.81. The van der Waals surface area contributed by atoms with Crippen LogP contribution in [0.3, 0.4) is 0 Å². The number of carbonyl (C=O) groups is 1. The van der Waals surface area contributed by atoms with Gasteiger partial charge in [-0.15, -0.1) is 0 Å². The second kappa shape index (κ2) is 4.75. The summed E-state index contributed by atoms with van der Waals surface area (Å²) in [5, 5.41) is 0. The molecule has 18 heavy (non-hydrogen) atoms. The molecular formula is C16H21NO. The molecule has 3 rings (SSSR count). The Morgan fingerprint density at radius 1 is 1.22 bits per heavy atom. The first-order valence-electron chi connectivity index (χ1n) is 7.15. The van der Waals surface area contributed by atoms with Gasteiger partial charge in [0.2, 0.25) is 5.91 Å². The standard InChI is InChI=1S/C16H21NO/c1-12-15-9-5-4-6-13(15)10-11-17(12)16(18)14-7-2-3-8-14/h4-6,9,12,14H,2-3,7-8,10-11H2,1H3/t12-/m1/s1. The highest BCUT2D eigenvalue weighted by atomic mass is 16.2. The molecule has 1 fully saturated rings. The molecule has 0 N–H and O–H groups in total. The molecule has 0 unspecified atom stereocenters. The summed E-state index contributed by atoms with van der Waals surface area (Å²) in [4.78, 5) is 14.7. The van der Waals surface area contributed by atoms with Crippen LogP contribution in [0.5, 0.6) is 0 Å². The molecule has 1 amide bonds. The van der Waals surface area contributed by atoms with Gasteiger partial charge in [0.05, 0.1) is 6.04 Å². The molecule has 1 saturated carbocycles. The van der Waals surface area contributed by atoms with Gasteiger partial charge in [0, 0.05) is 12.5 Å². The first kappa shape index (κ1) is 11.8. The first-order chi connectivity index (χ1) is 8.77. The zero-order chi connectivity index (χ0) is 12.5. The number of amides is 1. The van der Waals surface area contributed by atoms with Gasteiger partial charge in [-0.1, -0.05) is 37.1 Å². The van der Waals surface area contributed by atoms with Crippen LogP contribution in [0.4, 0.5) is 0 Å². The highest BCUT2D eigenvalue weighted by molar-refractivity contribution is 5.80. The first-order valence-corrected chi connectivity index (χ1v) is 7.15. The minimum atomic E-state index is 0.253. The van der Waals surface area contributed by atoms with Gasteiger partial charge < -0.3 is 4.90 Å². The lowest BCUT2D eigenvalue weighted by atomic mass is 9.92. The van der Waals surface area contributed by atoms with Crippen molar-refractivity contribution in [3.63, 3.8) is 0 Å². The van der Waals surface area contributed by atoms with Gasteiger partial charge >= 0.3 is 0 Å². The fourth-order valence-electron chi connectivity index (χ4n) is 3.48. The van der Waals surface area contributed by atoms with Crippen LogP contribution in [0, 0.1) is 5.92 Å². The number of benzene rings is 1. The highest BCUT2D eigenvalue weighted by Gasteiger charge is 2.32. The van der Waals surface area contributed by atoms with E-state index in [-0.39, 0.29) is 6.04 Å². The van der Waals surface area contributed by atoms with Gasteiger partial charge in [0.15, 0.2) is 0 Å². The van der Waals surface area contributed by atoms with E-state index in [0.717, 1.165) is 25.8 Å². The van der Waals surface area contributed by atoms with Crippen LogP contribution in [-0.4, -0.2) is 17.4 Å². The normalized spacial score (nSPS) is 24.1. The zero-order valence-electron chi connectivity index (χ0n) is 11.1. The van der Waals surface area contributed by atoms with E-state index >= 15 is 0 Å². The Bertz CT molecular complexity index is 448. The van der Waals surface area contributed by atoms with Crippen molar-refractivity contribution in [2.45, 2.75) is 45.1 Å². The lowest BCUT2D eigenvalue weighted by Crippen LogP contribution is -2.41. The molecule has 2 aliphatic rings. The van der Waals surface area contributed by atoms with Crippen molar-refractivity contribution in [3.05, 3.63) is 35.4 Å². The maximum Gasteiger partial charge on any atom is 0.226 e. The molecule has 0 radical (unpaired) electrons. The Hall–Kier alpha value is -1.31. The molecule has 1 atom stereocenters. The van der Waals surface area contributed by atoms with Crippen LogP contribution >= 0.6 is 0 Å². The predicted molar refractivity (Wildman–Crippen MR) is 72.2 cm³/mol. The van der Waals surface area contributed by atoms with Gasteiger partial charge in [0.25, 0.3) is 0 Å². The third kappa shape index (κ3) is 1.94. The van der Waals surface area contributed by atoms with Crippen molar-refractivity contribution in [2.24, 2.45) is 5.92 Å². The lowest BCUT2D eigenvalue weighted by Gasteiger charge is -2.36. The van der Waals surface area contributed by atoms with Gasteiger partial charge in [-0.3, -0.25) is 4.79 Å². The number of rotatable bonds is 1. The van der Waals surface area contributed by atoms with Gasteiger partial charge in [-0.25, -0.2) is 0 Å². The molecule has 0 aromatic heterocycles. The average Bonchev–Trinajstić information content (AvgIpc) is 2.93. The van der Waals surface area contributed by atoms with Crippen LogP contribution in [0.15, 0.2) is 24.3 Å². The van der Waals surface area contributed by atoms with E-state index < -0.39 is 0 Å². The fourth-order valence-corrected chi connectivity index (χ4v) is 3.48. The Labute approximate surface area is 109 Å². The van der Waals surface area contributed by atoms with E-state index in [1.165, 1.54) is 24.0 Å². The monoisotopic (exact) mass is 243 g/mol. The minimum Gasteiger partial charge on any atom is -0.335 e. The minimum absolute atomic E-state index is 0.253. The lowest BCUT2D eigenvalue weighted by molar-refractivity contribution is -0.138. The van der Waals surface area contributed by atoms with Crippen LogP contribution in [0.25, 0.3) is 0 Å². The Morgan fingerprint density at radius 3 is 2.72 bits per heavy atom. The van der Waals surface area contributed by atoms with Gasteiger partial charge in [0.1, 0.15) is 0 Å². The van der Waals surface area contributed by atoms with E-state index in [1.54, 1.807) is 0 Å². The van der Waals surface area contributed by atoms with Gasteiger partial charge in [-0.05, 0) is 37.3 Å². The fraction of sp³-hybridized carbons (Fsp3) is 0.562. The van der Waals surface area contributed by atoms with Crippen molar-refractivity contribution in [3.8, 4) is 0 Å². The van der Waals surface area contributed by atoms with Crippen molar-refractivity contribution >= 4 is 5.91 Å². The summed E-state index contributed by atoms with van der Waals surface area (Å²) >= 11 is 0. The van der Waals surface area contributed by atoms with E-state index in [0.29, 0.717) is 11.8 Å². The summed E-state index contributed by atoms with van der Waals surface area (Å²) in [6, 6.07) is 8.80. The number of hydrogen-bond donors (Lipinski definition) is 0. The molecule has 2 heteroatoms. The smallest absolute Gasteiger partial charge is 0.226 e. The summed E-state index contributed by atoms with van der Waals surface area (Å²) in [5.74, 6) is 0.701. The number of carbonyl (C=O) groups excluding carboxylic acids is 1. The molecular weight excluding hydrogens is 222 g/mol. The summed E-state index contributed by atoms with van der Waals surface area (Å²) < 4.78 is 0. The van der Waals surface area contributed by atoms with Gasteiger partial charge in [-0.2, -0.15) is 0 Å².